The molecule has 1 N–H and O–H groups in total. The molecule has 0 radical (unpaired) electrons. The van der Waals surface area contributed by atoms with E-state index in [1.165, 1.54) is 21.9 Å². The first-order chi connectivity index (χ1) is 12.5. The molecular formula is C20H22FN3O2. The lowest BCUT2D eigenvalue weighted by atomic mass is 10.0. The lowest BCUT2D eigenvalue weighted by Gasteiger charge is -2.25. The molecule has 1 aliphatic rings. The molecule has 1 heterocycles. The molecule has 0 fully saturated rings. The number of anilines is 1. The number of carbonyl (C=O) groups excluding carboxylic acids is 2. The predicted octanol–water partition coefficient (Wildman–Crippen LogP) is 3.12. The summed E-state index contributed by atoms with van der Waals surface area (Å²) in [6.07, 6.45) is 0.849. The fourth-order valence-electron chi connectivity index (χ4n) is 3.09. The molecule has 3 rings (SSSR count). The van der Waals surface area contributed by atoms with Gasteiger partial charge in [-0.3, -0.25) is 9.69 Å². The third-order valence-corrected chi connectivity index (χ3v) is 4.57. The SMILES string of the molecule is CN(C)C(=O)C[C@@H](NC(=O)N1CCc2ccc(F)cc21)c1ccccc1. The van der Waals surface area contributed by atoms with E-state index < -0.39 is 6.04 Å². The first-order valence-electron chi connectivity index (χ1n) is 8.57. The van der Waals surface area contributed by atoms with Crippen LogP contribution in [0.25, 0.3) is 0 Å². The highest BCUT2D eigenvalue weighted by molar-refractivity contribution is 5.94. The highest BCUT2D eigenvalue weighted by Crippen LogP contribution is 2.29. The topological polar surface area (TPSA) is 52.7 Å². The number of amides is 3. The third kappa shape index (κ3) is 3.85. The van der Waals surface area contributed by atoms with Crippen LogP contribution in [0, 0.1) is 5.82 Å². The number of urea groups is 1. The Labute approximate surface area is 152 Å². The summed E-state index contributed by atoms with van der Waals surface area (Å²) in [5.41, 5.74) is 2.39. The first-order valence-corrected chi connectivity index (χ1v) is 8.57. The molecule has 0 unspecified atom stereocenters. The molecule has 26 heavy (non-hydrogen) atoms. The molecule has 0 saturated heterocycles. The number of carbonyl (C=O) groups is 2. The van der Waals surface area contributed by atoms with Crippen LogP contribution in [0.3, 0.4) is 0 Å². The first kappa shape index (κ1) is 17.9. The zero-order valence-electron chi connectivity index (χ0n) is 14.9. The number of halogens is 1. The molecular weight excluding hydrogens is 333 g/mol. The van der Waals surface area contributed by atoms with Crippen LogP contribution in [-0.2, 0) is 11.2 Å². The maximum atomic E-state index is 13.6. The van der Waals surface area contributed by atoms with Crippen molar-refractivity contribution in [3.63, 3.8) is 0 Å². The Morgan fingerprint density at radius 2 is 1.92 bits per heavy atom. The minimum atomic E-state index is -0.448. The summed E-state index contributed by atoms with van der Waals surface area (Å²) in [4.78, 5) is 28.0. The van der Waals surface area contributed by atoms with Crippen molar-refractivity contribution in [2.24, 2.45) is 0 Å². The summed E-state index contributed by atoms with van der Waals surface area (Å²) in [5.74, 6) is -0.446. The fraction of sp³-hybridized carbons (Fsp3) is 0.300. The van der Waals surface area contributed by atoms with E-state index in [9.17, 15) is 14.0 Å². The number of nitrogens with one attached hydrogen (secondary N) is 1. The van der Waals surface area contributed by atoms with Crippen LogP contribution >= 0.6 is 0 Å². The summed E-state index contributed by atoms with van der Waals surface area (Å²) in [7, 11) is 3.37. The smallest absolute Gasteiger partial charge is 0.322 e. The molecule has 1 aliphatic heterocycles. The lowest BCUT2D eigenvalue weighted by molar-refractivity contribution is -0.129. The van der Waals surface area contributed by atoms with Gasteiger partial charge >= 0.3 is 6.03 Å². The number of benzene rings is 2. The van der Waals surface area contributed by atoms with E-state index in [0.29, 0.717) is 18.7 Å². The van der Waals surface area contributed by atoms with Crippen LogP contribution < -0.4 is 10.2 Å². The second kappa shape index (κ2) is 7.56. The second-order valence-corrected chi connectivity index (χ2v) is 6.58. The van der Waals surface area contributed by atoms with Gasteiger partial charge < -0.3 is 10.2 Å². The molecule has 136 valence electrons. The largest absolute Gasteiger partial charge is 0.349 e. The van der Waals surface area contributed by atoms with E-state index in [1.807, 2.05) is 30.3 Å². The summed E-state index contributed by atoms with van der Waals surface area (Å²) in [5, 5.41) is 2.94. The molecule has 0 aliphatic carbocycles. The van der Waals surface area contributed by atoms with Crippen LogP contribution in [0.4, 0.5) is 14.9 Å². The van der Waals surface area contributed by atoms with Crippen molar-refractivity contribution in [3.8, 4) is 0 Å². The molecule has 2 aromatic carbocycles. The van der Waals surface area contributed by atoms with Gasteiger partial charge in [0.15, 0.2) is 0 Å². The van der Waals surface area contributed by atoms with E-state index in [0.717, 1.165) is 11.1 Å². The number of rotatable bonds is 4. The van der Waals surface area contributed by atoms with E-state index in [2.05, 4.69) is 5.32 Å². The zero-order valence-corrected chi connectivity index (χ0v) is 14.9. The Morgan fingerprint density at radius 3 is 2.62 bits per heavy atom. The molecule has 6 heteroatoms. The van der Waals surface area contributed by atoms with Crippen LogP contribution in [0.5, 0.6) is 0 Å². The van der Waals surface area contributed by atoms with E-state index >= 15 is 0 Å². The molecule has 0 aromatic heterocycles. The molecule has 0 spiro atoms. The molecule has 0 saturated carbocycles. The highest BCUT2D eigenvalue weighted by Gasteiger charge is 2.28. The lowest BCUT2D eigenvalue weighted by Crippen LogP contribution is -2.42. The Morgan fingerprint density at radius 1 is 1.19 bits per heavy atom. The molecule has 5 nitrogen and oxygen atoms in total. The monoisotopic (exact) mass is 355 g/mol. The summed E-state index contributed by atoms with van der Waals surface area (Å²) < 4.78 is 13.6. The summed E-state index contributed by atoms with van der Waals surface area (Å²) in [6.45, 7) is 0.494. The average Bonchev–Trinajstić information content (AvgIpc) is 3.04. The van der Waals surface area contributed by atoms with Crippen LogP contribution in [0.15, 0.2) is 48.5 Å². The predicted molar refractivity (Wildman–Crippen MR) is 98.5 cm³/mol. The van der Waals surface area contributed by atoms with Gasteiger partial charge in [-0.1, -0.05) is 36.4 Å². The summed E-state index contributed by atoms with van der Waals surface area (Å²) >= 11 is 0. The molecule has 3 amide bonds. The van der Waals surface area contributed by atoms with Crippen molar-refractivity contribution < 1.29 is 14.0 Å². The maximum absolute atomic E-state index is 13.6. The Balaban J connectivity index is 1.80. The van der Waals surface area contributed by atoms with Crippen LogP contribution in [0.1, 0.15) is 23.6 Å². The van der Waals surface area contributed by atoms with E-state index in [-0.39, 0.29) is 24.2 Å². The zero-order chi connectivity index (χ0) is 18.7. The van der Waals surface area contributed by atoms with Crippen molar-refractivity contribution >= 4 is 17.6 Å². The van der Waals surface area contributed by atoms with Gasteiger partial charge in [-0.15, -0.1) is 0 Å². The van der Waals surface area contributed by atoms with Crippen molar-refractivity contribution in [1.29, 1.82) is 0 Å². The van der Waals surface area contributed by atoms with Gasteiger partial charge in [0.1, 0.15) is 5.82 Å². The molecule has 1 atom stereocenters. The highest BCUT2D eigenvalue weighted by atomic mass is 19.1. The molecule has 2 aromatic rings. The molecule has 0 bridgehead atoms. The number of nitrogens with zero attached hydrogens (tertiary/aromatic N) is 2. The number of hydrogen-bond donors (Lipinski definition) is 1. The number of fused-ring (bicyclic) bond motifs is 1. The third-order valence-electron chi connectivity index (χ3n) is 4.57. The average molecular weight is 355 g/mol. The van der Waals surface area contributed by atoms with Crippen LogP contribution in [0.2, 0.25) is 0 Å². The maximum Gasteiger partial charge on any atom is 0.322 e. The van der Waals surface area contributed by atoms with Gasteiger partial charge in [0.25, 0.3) is 0 Å². The Bertz CT molecular complexity index is 808. The Hall–Kier alpha value is -2.89. The normalized spacial score (nSPS) is 13.9. The van der Waals surface area contributed by atoms with Gasteiger partial charge in [0, 0.05) is 20.6 Å². The van der Waals surface area contributed by atoms with Gasteiger partial charge in [-0.25, -0.2) is 9.18 Å². The van der Waals surface area contributed by atoms with Gasteiger partial charge in [0.05, 0.1) is 18.2 Å². The summed E-state index contributed by atoms with van der Waals surface area (Å²) in [6, 6.07) is 13.1. The minimum Gasteiger partial charge on any atom is -0.349 e. The minimum absolute atomic E-state index is 0.0768. The van der Waals surface area contributed by atoms with Gasteiger partial charge in [0.2, 0.25) is 5.91 Å². The fourth-order valence-corrected chi connectivity index (χ4v) is 3.09. The van der Waals surface area contributed by atoms with Crippen LogP contribution in [-0.4, -0.2) is 37.5 Å². The standard InChI is InChI=1S/C20H22FN3O2/c1-23(2)19(25)13-17(14-6-4-3-5-7-14)22-20(26)24-11-10-15-8-9-16(21)12-18(15)24/h3-9,12,17H,10-11,13H2,1-2H3,(H,22,26)/t17-/m1/s1. The van der Waals surface area contributed by atoms with Crippen molar-refractivity contribution in [1.82, 2.24) is 10.2 Å². The van der Waals surface area contributed by atoms with E-state index in [1.54, 1.807) is 20.2 Å². The quantitative estimate of drug-likeness (QED) is 0.916. The van der Waals surface area contributed by atoms with Crippen molar-refractivity contribution in [2.45, 2.75) is 18.9 Å². The number of hydrogen-bond acceptors (Lipinski definition) is 2. The van der Waals surface area contributed by atoms with Crippen molar-refractivity contribution in [2.75, 3.05) is 25.5 Å². The second-order valence-electron chi connectivity index (χ2n) is 6.58. The van der Waals surface area contributed by atoms with E-state index in [4.69, 9.17) is 0 Å². The van der Waals surface area contributed by atoms with Crippen molar-refractivity contribution in [3.05, 3.63) is 65.5 Å². The Kier molecular flexibility index (Phi) is 5.21. The van der Waals surface area contributed by atoms with Gasteiger partial charge in [-0.2, -0.15) is 0 Å². The van der Waals surface area contributed by atoms with Gasteiger partial charge in [-0.05, 0) is 29.7 Å².